The number of nitrogens with zero attached hydrogens (tertiary/aromatic N) is 2. The number of thioether (sulfide) groups is 1. The van der Waals surface area contributed by atoms with Crippen LogP contribution in [0, 0.1) is 17.8 Å². The standard InChI is InChI=1S/C18H25N3O2S/c1-2-3-24-17-14(9-19-10-20-17)16(22)21-15-12-4-11-5-13(15)8-18(23,6-11)7-12/h9-13,15,23H,2-8H2,1H3,(H,21,22)/t11?,12?,13?,15-,18+. The van der Waals surface area contributed by atoms with Crippen LogP contribution in [0.4, 0.5) is 0 Å². The number of hydrogen-bond donors (Lipinski definition) is 2. The summed E-state index contributed by atoms with van der Waals surface area (Å²) in [4.78, 5) is 21.2. The molecule has 4 fully saturated rings. The Kier molecular flexibility index (Phi) is 4.29. The molecule has 5 rings (SSSR count). The largest absolute Gasteiger partial charge is 0.390 e. The monoisotopic (exact) mass is 347 g/mol. The summed E-state index contributed by atoms with van der Waals surface area (Å²) in [5.74, 6) is 2.37. The summed E-state index contributed by atoms with van der Waals surface area (Å²) < 4.78 is 0. The maximum absolute atomic E-state index is 12.8. The fourth-order valence-corrected chi connectivity index (χ4v) is 6.05. The minimum absolute atomic E-state index is 0.0568. The van der Waals surface area contributed by atoms with Crippen LogP contribution in [0.5, 0.6) is 0 Å². The second kappa shape index (κ2) is 6.30. The third kappa shape index (κ3) is 2.94. The van der Waals surface area contributed by atoms with Crippen molar-refractivity contribution >= 4 is 17.7 Å². The summed E-state index contributed by atoms with van der Waals surface area (Å²) >= 11 is 1.61. The minimum atomic E-state index is -0.463. The molecule has 0 spiro atoms. The Hall–Kier alpha value is -1.14. The van der Waals surface area contributed by atoms with Crippen molar-refractivity contribution < 1.29 is 9.90 Å². The van der Waals surface area contributed by atoms with Crippen LogP contribution in [0.3, 0.4) is 0 Å². The number of carbonyl (C=O) groups excluding carboxylic acids is 1. The van der Waals surface area contributed by atoms with E-state index in [9.17, 15) is 9.90 Å². The number of amides is 1. The maximum atomic E-state index is 12.8. The number of hydrogen-bond acceptors (Lipinski definition) is 5. The lowest BCUT2D eigenvalue weighted by Gasteiger charge is -2.58. The molecule has 0 aromatic carbocycles. The van der Waals surface area contributed by atoms with Crippen LogP contribution in [0.2, 0.25) is 0 Å². The van der Waals surface area contributed by atoms with Gasteiger partial charge in [0.05, 0.1) is 11.2 Å². The molecule has 4 aliphatic rings. The van der Waals surface area contributed by atoms with Gasteiger partial charge in [-0.25, -0.2) is 9.97 Å². The molecule has 2 N–H and O–H groups in total. The van der Waals surface area contributed by atoms with Gasteiger partial charge < -0.3 is 10.4 Å². The molecule has 4 saturated carbocycles. The smallest absolute Gasteiger partial charge is 0.255 e. The normalized spacial score (nSPS) is 36.8. The van der Waals surface area contributed by atoms with Crippen LogP contribution < -0.4 is 5.32 Å². The summed E-state index contributed by atoms with van der Waals surface area (Å²) in [5, 5.41) is 14.7. The molecule has 130 valence electrons. The first-order valence-corrected chi connectivity index (χ1v) is 10.0. The first-order chi connectivity index (χ1) is 11.6. The minimum Gasteiger partial charge on any atom is -0.390 e. The Morgan fingerprint density at radius 2 is 2.12 bits per heavy atom. The zero-order valence-corrected chi connectivity index (χ0v) is 14.9. The van der Waals surface area contributed by atoms with E-state index in [4.69, 9.17) is 0 Å². The molecule has 6 heteroatoms. The fourth-order valence-electron chi connectivity index (χ4n) is 5.23. The molecule has 2 unspecified atom stereocenters. The predicted octanol–water partition coefficient (Wildman–Crippen LogP) is 2.65. The fraction of sp³-hybridized carbons (Fsp3) is 0.722. The Morgan fingerprint density at radius 3 is 2.79 bits per heavy atom. The van der Waals surface area contributed by atoms with Crippen molar-refractivity contribution in [2.24, 2.45) is 17.8 Å². The summed E-state index contributed by atoms with van der Waals surface area (Å²) in [5.41, 5.74) is 0.124. The van der Waals surface area contributed by atoms with Gasteiger partial charge in [-0.15, -0.1) is 11.8 Å². The molecule has 1 heterocycles. The zero-order valence-electron chi connectivity index (χ0n) is 14.1. The molecule has 1 amide bonds. The molecule has 24 heavy (non-hydrogen) atoms. The predicted molar refractivity (Wildman–Crippen MR) is 92.8 cm³/mol. The van der Waals surface area contributed by atoms with Crippen LogP contribution in [-0.4, -0.2) is 38.4 Å². The highest BCUT2D eigenvalue weighted by Gasteiger charge is 2.55. The molecular weight excluding hydrogens is 322 g/mol. The highest BCUT2D eigenvalue weighted by molar-refractivity contribution is 7.99. The molecule has 5 nitrogen and oxygen atoms in total. The highest BCUT2D eigenvalue weighted by atomic mass is 32.2. The van der Waals surface area contributed by atoms with E-state index in [0.717, 1.165) is 49.3 Å². The lowest BCUT2D eigenvalue weighted by Crippen LogP contribution is -2.61. The van der Waals surface area contributed by atoms with Crippen LogP contribution in [0.25, 0.3) is 0 Å². The molecule has 0 saturated heterocycles. The van der Waals surface area contributed by atoms with Gasteiger partial charge in [0, 0.05) is 12.2 Å². The van der Waals surface area contributed by atoms with Gasteiger partial charge in [-0.2, -0.15) is 0 Å². The van der Waals surface area contributed by atoms with Gasteiger partial charge in [-0.1, -0.05) is 6.92 Å². The van der Waals surface area contributed by atoms with E-state index in [0.29, 0.717) is 23.3 Å². The van der Waals surface area contributed by atoms with Crippen molar-refractivity contribution in [3.63, 3.8) is 0 Å². The number of nitrogens with one attached hydrogen (secondary N) is 1. The van der Waals surface area contributed by atoms with Crippen LogP contribution in [-0.2, 0) is 0 Å². The topological polar surface area (TPSA) is 75.1 Å². The van der Waals surface area contributed by atoms with Crippen molar-refractivity contribution in [3.8, 4) is 0 Å². The average Bonchev–Trinajstić information content (AvgIpc) is 2.55. The van der Waals surface area contributed by atoms with Gasteiger partial charge in [-0.05, 0) is 62.0 Å². The Labute approximate surface area is 147 Å². The van der Waals surface area contributed by atoms with Crippen molar-refractivity contribution in [2.75, 3.05) is 5.75 Å². The molecule has 0 radical (unpaired) electrons. The van der Waals surface area contributed by atoms with Gasteiger partial charge >= 0.3 is 0 Å². The number of carbonyl (C=O) groups is 1. The Bertz CT molecular complexity index is 622. The number of rotatable bonds is 5. The zero-order chi connectivity index (χ0) is 16.7. The van der Waals surface area contributed by atoms with E-state index in [1.54, 1.807) is 18.0 Å². The van der Waals surface area contributed by atoms with Crippen molar-refractivity contribution in [1.82, 2.24) is 15.3 Å². The van der Waals surface area contributed by atoms with E-state index in [1.807, 2.05) is 0 Å². The summed E-state index contributed by atoms with van der Waals surface area (Å²) in [7, 11) is 0. The van der Waals surface area contributed by atoms with Crippen molar-refractivity contribution in [3.05, 3.63) is 18.1 Å². The first-order valence-electron chi connectivity index (χ1n) is 9.04. The summed E-state index contributed by atoms with van der Waals surface area (Å²) in [6, 6.07) is 0.193. The second-order valence-corrected chi connectivity index (χ2v) is 8.87. The van der Waals surface area contributed by atoms with E-state index in [2.05, 4.69) is 22.2 Å². The number of aliphatic hydroxyl groups is 1. The molecule has 0 aliphatic heterocycles. The molecule has 1 aromatic rings. The van der Waals surface area contributed by atoms with Gasteiger partial charge in [0.1, 0.15) is 11.4 Å². The van der Waals surface area contributed by atoms with Crippen LogP contribution in [0.1, 0.15) is 55.8 Å². The van der Waals surface area contributed by atoms with Gasteiger partial charge in [-0.3, -0.25) is 4.79 Å². The Morgan fingerprint density at radius 1 is 1.38 bits per heavy atom. The molecule has 4 aliphatic carbocycles. The van der Waals surface area contributed by atoms with Gasteiger partial charge in [0.2, 0.25) is 0 Å². The maximum Gasteiger partial charge on any atom is 0.255 e. The number of aromatic nitrogens is 2. The van der Waals surface area contributed by atoms with Crippen molar-refractivity contribution in [2.45, 2.75) is 62.1 Å². The van der Waals surface area contributed by atoms with Crippen LogP contribution >= 0.6 is 11.8 Å². The molecule has 2 atom stereocenters. The average molecular weight is 347 g/mol. The SMILES string of the molecule is CCCSc1ncncc1C(=O)N[C@H]1C2CC3CC1C[C@@](O)(C3)C2. The molecular formula is C18H25N3O2S. The van der Waals surface area contributed by atoms with E-state index in [-0.39, 0.29) is 11.9 Å². The molecule has 4 bridgehead atoms. The van der Waals surface area contributed by atoms with Gasteiger partial charge in [0.15, 0.2) is 0 Å². The third-order valence-electron chi connectivity index (χ3n) is 5.90. The third-order valence-corrected chi connectivity index (χ3v) is 7.11. The van der Waals surface area contributed by atoms with E-state index >= 15 is 0 Å². The van der Waals surface area contributed by atoms with Gasteiger partial charge in [0.25, 0.3) is 5.91 Å². The molecule has 1 aromatic heterocycles. The lowest BCUT2D eigenvalue weighted by atomic mass is 9.52. The van der Waals surface area contributed by atoms with Crippen LogP contribution in [0.15, 0.2) is 17.6 Å². The second-order valence-electron chi connectivity index (χ2n) is 7.78. The first kappa shape index (κ1) is 16.3. The quantitative estimate of drug-likeness (QED) is 0.633. The lowest BCUT2D eigenvalue weighted by molar-refractivity contribution is -0.136. The van der Waals surface area contributed by atoms with E-state index in [1.165, 1.54) is 6.33 Å². The van der Waals surface area contributed by atoms with Crippen molar-refractivity contribution in [1.29, 1.82) is 0 Å². The van der Waals surface area contributed by atoms with E-state index < -0.39 is 5.60 Å². The highest BCUT2D eigenvalue weighted by Crippen LogP contribution is 2.55. The Balaban J connectivity index is 1.49. The summed E-state index contributed by atoms with van der Waals surface area (Å²) in [6.07, 6.45) is 9.12. The summed E-state index contributed by atoms with van der Waals surface area (Å²) in [6.45, 7) is 2.12.